The fourth-order valence-corrected chi connectivity index (χ4v) is 5.56. The molecular weight excluding hydrogens is 236 g/mol. The van der Waals surface area contributed by atoms with E-state index >= 15 is 0 Å². The lowest BCUT2D eigenvalue weighted by molar-refractivity contribution is -0.0535. The van der Waals surface area contributed by atoms with Crippen molar-refractivity contribution < 1.29 is 0 Å². The quantitative estimate of drug-likeness (QED) is 0.904. The Morgan fingerprint density at radius 2 is 1.74 bits per heavy atom. The summed E-state index contributed by atoms with van der Waals surface area (Å²) in [7, 11) is 2.02. The van der Waals surface area contributed by atoms with Crippen LogP contribution in [0.3, 0.4) is 0 Å². The highest BCUT2D eigenvalue weighted by Crippen LogP contribution is 2.60. The molecule has 104 valence electrons. The minimum Gasteiger partial charge on any atom is -0.324 e. The maximum absolute atomic E-state index is 5.65. The molecule has 0 saturated heterocycles. The summed E-state index contributed by atoms with van der Waals surface area (Å²) >= 11 is 0. The van der Waals surface area contributed by atoms with Crippen LogP contribution in [-0.4, -0.2) is 14.8 Å². The number of hydrogen-bond acceptors (Lipinski definition) is 3. The number of rotatable bonds is 3. The van der Waals surface area contributed by atoms with Gasteiger partial charge < -0.3 is 5.73 Å². The first-order valence-electron chi connectivity index (χ1n) is 7.75. The molecule has 0 radical (unpaired) electrons. The Morgan fingerprint density at radius 3 is 2.21 bits per heavy atom. The van der Waals surface area contributed by atoms with Gasteiger partial charge in [-0.25, -0.2) is 4.98 Å². The van der Waals surface area contributed by atoms with E-state index in [-0.39, 0.29) is 0 Å². The SMILES string of the molecule is Cn1nc(CN)nc1CC12CC3CC(CC(C3)C1)C2. The van der Waals surface area contributed by atoms with Gasteiger partial charge in [-0.2, -0.15) is 5.10 Å². The number of aromatic nitrogens is 3. The van der Waals surface area contributed by atoms with Gasteiger partial charge in [0.1, 0.15) is 5.82 Å². The van der Waals surface area contributed by atoms with Crippen LogP contribution in [-0.2, 0) is 20.0 Å². The molecule has 4 aliphatic carbocycles. The van der Waals surface area contributed by atoms with E-state index in [0.29, 0.717) is 12.0 Å². The molecule has 1 aromatic heterocycles. The summed E-state index contributed by atoms with van der Waals surface area (Å²) in [5.41, 5.74) is 6.20. The van der Waals surface area contributed by atoms with Crippen molar-refractivity contribution >= 4 is 0 Å². The van der Waals surface area contributed by atoms with Gasteiger partial charge in [-0.3, -0.25) is 4.68 Å². The summed E-state index contributed by atoms with van der Waals surface area (Å²) in [5, 5.41) is 4.41. The van der Waals surface area contributed by atoms with Crippen LogP contribution in [0.4, 0.5) is 0 Å². The van der Waals surface area contributed by atoms with Crippen LogP contribution in [0, 0.1) is 23.2 Å². The maximum Gasteiger partial charge on any atom is 0.164 e. The van der Waals surface area contributed by atoms with Gasteiger partial charge in [0, 0.05) is 13.5 Å². The number of aryl methyl sites for hydroxylation is 1. The van der Waals surface area contributed by atoms with Crippen molar-refractivity contribution in [1.82, 2.24) is 14.8 Å². The fraction of sp³-hybridized carbons (Fsp3) is 0.867. The lowest BCUT2D eigenvalue weighted by atomic mass is 9.49. The molecule has 0 aromatic carbocycles. The summed E-state index contributed by atoms with van der Waals surface area (Å²) in [5.74, 6) is 4.97. The summed E-state index contributed by atoms with van der Waals surface area (Å²) in [4.78, 5) is 4.63. The van der Waals surface area contributed by atoms with Crippen molar-refractivity contribution in [2.75, 3.05) is 0 Å². The number of nitrogens with zero attached hydrogens (tertiary/aromatic N) is 3. The van der Waals surface area contributed by atoms with Gasteiger partial charge >= 0.3 is 0 Å². The third-order valence-electron chi connectivity index (χ3n) is 5.78. The smallest absolute Gasteiger partial charge is 0.164 e. The minimum atomic E-state index is 0.453. The molecule has 4 fully saturated rings. The predicted octanol–water partition coefficient (Wildman–Crippen LogP) is 2.03. The molecule has 4 saturated carbocycles. The van der Waals surface area contributed by atoms with E-state index in [2.05, 4.69) is 10.1 Å². The topological polar surface area (TPSA) is 56.7 Å². The lowest BCUT2D eigenvalue weighted by Gasteiger charge is -2.56. The summed E-state index contributed by atoms with van der Waals surface area (Å²) in [6, 6.07) is 0. The Morgan fingerprint density at radius 1 is 1.16 bits per heavy atom. The van der Waals surface area contributed by atoms with Gasteiger partial charge in [0.15, 0.2) is 5.82 Å². The summed E-state index contributed by atoms with van der Waals surface area (Å²) < 4.78 is 1.96. The van der Waals surface area contributed by atoms with Crippen LogP contribution in [0.25, 0.3) is 0 Å². The third-order valence-corrected chi connectivity index (χ3v) is 5.78. The van der Waals surface area contributed by atoms with E-state index in [4.69, 9.17) is 5.73 Å². The molecular formula is C15H24N4. The van der Waals surface area contributed by atoms with Crippen molar-refractivity contribution in [2.45, 2.75) is 51.5 Å². The normalized spacial score (nSPS) is 40.0. The van der Waals surface area contributed by atoms with Crippen LogP contribution in [0.1, 0.15) is 50.2 Å². The molecule has 4 nitrogen and oxygen atoms in total. The second-order valence-corrected chi connectivity index (χ2v) is 7.37. The Balaban J connectivity index is 1.60. The molecule has 1 heterocycles. The van der Waals surface area contributed by atoms with Gasteiger partial charge in [0.25, 0.3) is 0 Å². The van der Waals surface area contributed by atoms with Crippen LogP contribution in [0.5, 0.6) is 0 Å². The zero-order valence-corrected chi connectivity index (χ0v) is 11.8. The molecule has 1 aromatic rings. The first-order valence-corrected chi connectivity index (χ1v) is 7.75. The number of nitrogens with two attached hydrogens (primary N) is 1. The summed E-state index contributed by atoms with van der Waals surface area (Å²) in [6.07, 6.45) is 9.95. The van der Waals surface area contributed by atoms with E-state index in [1.54, 1.807) is 0 Å². The van der Waals surface area contributed by atoms with Gasteiger partial charge in [-0.15, -0.1) is 0 Å². The third kappa shape index (κ3) is 1.92. The average Bonchev–Trinajstić information content (AvgIpc) is 2.67. The van der Waals surface area contributed by atoms with E-state index in [9.17, 15) is 0 Å². The lowest BCUT2D eigenvalue weighted by Crippen LogP contribution is -2.47. The molecule has 0 amide bonds. The van der Waals surface area contributed by atoms with Gasteiger partial charge in [0.2, 0.25) is 0 Å². The molecule has 0 atom stereocenters. The van der Waals surface area contributed by atoms with Crippen LogP contribution in [0.2, 0.25) is 0 Å². The molecule has 0 aliphatic heterocycles. The first-order chi connectivity index (χ1) is 9.16. The molecule has 0 unspecified atom stereocenters. The zero-order chi connectivity index (χ0) is 13.0. The van der Waals surface area contributed by atoms with E-state index in [0.717, 1.165) is 35.8 Å². The standard InChI is InChI=1S/C15H24N4/c1-19-14(17-13(9-16)18-19)8-15-5-10-2-11(6-15)4-12(3-10)7-15/h10-12H,2-9,16H2,1H3. The van der Waals surface area contributed by atoms with Crippen LogP contribution < -0.4 is 5.73 Å². The highest BCUT2D eigenvalue weighted by molar-refractivity contribution is 5.06. The van der Waals surface area contributed by atoms with Gasteiger partial charge in [-0.1, -0.05) is 0 Å². The highest BCUT2D eigenvalue weighted by Gasteiger charge is 2.51. The predicted molar refractivity (Wildman–Crippen MR) is 73.2 cm³/mol. The van der Waals surface area contributed by atoms with Crippen molar-refractivity contribution in [3.63, 3.8) is 0 Å². The molecule has 5 rings (SSSR count). The first kappa shape index (κ1) is 11.9. The van der Waals surface area contributed by atoms with Crippen molar-refractivity contribution in [2.24, 2.45) is 36.0 Å². The van der Waals surface area contributed by atoms with E-state index < -0.39 is 0 Å². The second-order valence-electron chi connectivity index (χ2n) is 7.37. The molecule has 4 aliphatic rings. The Bertz CT molecular complexity index is 455. The molecule has 2 N–H and O–H groups in total. The molecule has 19 heavy (non-hydrogen) atoms. The van der Waals surface area contributed by atoms with Crippen LogP contribution in [0.15, 0.2) is 0 Å². The van der Waals surface area contributed by atoms with Gasteiger partial charge in [0.05, 0.1) is 6.54 Å². The van der Waals surface area contributed by atoms with Crippen molar-refractivity contribution in [1.29, 1.82) is 0 Å². The second kappa shape index (κ2) is 4.05. The van der Waals surface area contributed by atoms with Gasteiger partial charge in [-0.05, 0) is 61.7 Å². The Kier molecular flexibility index (Phi) is 2.53. The average molecular weight is 260 g/mol. The fourth-order valence-electron chi connectivity index (χ4n) is 5.56. The monoisotopic (exact) mass is 260 g/mol. The van der Waals surface area contributed by atoms with Crippen molar-refractivity contribution in [3.05, 3.63) is 11.6 Å². The molecule has 0 spiro atoms. The Hall–Kier alpha value is -0.900. The Labute approximate surface area is 114 Å². The number of hydrogen-bond donors (Lipinski definition) is 1. The highest BCUT2D eigenvalue weighted by atomic mass is 15.3. The largest absolute Gasteiger partial charge is 0.324 e. The maximum atomic E-state index is 5.65. The van der Waals surface area contributed by atoms with Crippen molar-refractivity contribution in [3.8, 4) is 0 Å². The zero-order valence-electron chi connectivity index (χ0n) is 11.8. The molecule has 4 heteroatoms. The van der Waals surface area contributed by atoms with E-state index in [1.165, 1.54) is 38.5 Å². The molecule has 4 bridgehead atoms. The minimum absolute atomic E-state index is 0.453. The van der Waals surface area contributed by atoms with E-state index in [1.807, 2.05) is 11.7 Å². The summed E-state index contributed by atoms with van der Waals surface area (Å²) in [6.45, 7) is 0.453. The van der Waals surface area contributed by atoms with Crippen LogP contribution >= 0.6 is 0 Å².